The Morgan fingerprint density at radius 3 is 2.30 bits per heavy atom. The zero-order valence-corrected chi connectivity index (χ0v) is 21.6. The van der Waals surface area contributed by atoms with Gasteiger partial charge >= 0.3 is 6.18 Å². The summed E-state index contributed by atoms with van der Waals surface area (Å²) in [5.41, 5.74) is -0.541. The Kier molecular flexibility index (Phi) is 8.44. The van der Waals surface area contributed by atoms with Gasteiger partial charge in [-0.1, -0.05) is 18.2 Å². The largest absolute Gasteiger partial charge is 0.410 e. The van der Waals surface area contributed by atoms with Crippen LogP contribution in [0.1, 0.15) is 36.3 Å². The van der Waals surface area contributed by atoms with E-state index in [4.69, 9.17) is 4.74 Å². The number of alkyl halides is 5. The molecule has 0 aliphatic rings. The highest BCUT2D eigenvalue weighted by Crippen LogP contribution is 2.41. The first-order valence-corrected chi connectivity index (χ1v) is 13.8. The second kappa shape index (κ2) is 10.9. The molecule has 3 aromatic rings. The molecule has 202 valence electrons. The summed E-state index contributed by atoms with van der Waals surface area (Å²) in [6.45, 7) is 5.26. The van der Waals surface area contributed by atoms with Crippen LogP contribution in [0.2, 0.25) is 0 Å². The van der Waals surface area contributed by atoms with Gasteiger partial charge in [-0.15, -0.1) is 0 Å². The lowest BCUT2D eigenvalue weighted by Crippen LogP contribution is -2.41. The number of nitrogens with one attached hydrogen (secondary N) is 2. The van der Waals surface area contributed by atoms with Crippen molar-refractivity contribution in [3.8, 4) is 0 Å². The lowest BCUT2D eigenvalue weighted by atomic mass is 10.0. The van der Waals surface area contributed by atoms with Crippen LogP contribution in [-0.2, 0) is 9.30 Å². The summed E-state index contributed by atoms with van der Waals surface area (Å²) in [6.07, 6.45) is -7.64. The third-order valence-corrected chi connectivity index (χ3v) is 7.21. The Balaban J connectivity index is 2.13. The molecule has 2 N–H and O–H groups in total. The van der Waals surface area contributed by atoms with Crippen LogP contribution >= 0.6 is 7.14 Å². The van der Waals surface area contributed by atoms with Gasteiger partial charge < -0.3 is 19.9 Å². The molecule has 6 nitrogen and oxygen atoms in total. The minimum Gasteiger partial charge on any atom is -0.382 e. The Labute approximate surface area is 210 Å². The standard InChI is InChI=1S/C24H27F6N4O2P/c1-12(14-7-6-8-15(21(14)25)22(26)27)31-23-16-9-19(37(4,5)35)18(10-17(16)32-13(2)33-23)34-20(11-36-3)24(28,29)30/h6-10,12,20,22,34H,11H2,1-5H3,(H,31,32,33)/t12-,20?/m1/s1. The molecule has 1 aromatic heterocycles. The van der Waals surface area contributed by atoms with Gasteiger partial charge in [-0.2, -0.15) is 13.2 Å². The number of methoxy groups -OCH3 is 1. The molecule has 0 amide bonds. The van der Waals surface area contributed by atoms with Crippen LogP contribution in [0.3, 0.4) is 0 Å². The number of hydrogen-bond donors (Lipinski definition) is 2. The van der Waals surface area contributed by atoms with Crippen LogP contribution in [0.5, 0.6) is 0 Å². The number of ether oxygens (including phenoxy) is 1. The highest BCUT2D eigenvalue weighted by atomic mass is 31.2. The van der Waals surface area contributed by atoms with Gasteiger partial charge in [-0.05, 0) is 39.3 Å². The second-order valence-electron chi connectivity index (χ2n) is 8.97. The maximum atomic E-state index is 14.7. The fourth-order valence-electron chi connectivity index (χ4n) is 3.88. The van der Waals surface area contributed by atoms with Crippen molar-refractivity contribution in [2.45, 2.75) is 38.5 Å². The highest BCUT2D eigenvalue weighted by Gasteiger charge is 2.40. The predicted molar refractivity (Wildman–Crippen MR) is 132 cm³/mol. The molecule has 2 aromatic carbocycles. The smallest absolute Gasteiger partial charge is 0.382 e. The predicted octanol–water partition coefficient (Wildman–Crippen LogP) is 6.43. The first-order chi connectivity index (χ1) is 17.1. The molecule has 0 aliphatic carbocycles. The van der Waals surface area contributed by atoms with Crippen molar-refractivity contribution in [3.63, 3.8) is 0 Å². The molecule has 13 heteroatoms. The van der Waals surface area contributed by atoms with Crippen molar-refractivity contribution < 1.29 is 35.6 Å². The van der Waals surface area contributed by atoms with Gasteiger partial charge in [0.2, 0.25) is 0 Å². The minimum absolute atomic E-state index is 0.0204. The average molecular weight is 548 g/mol. The second-order valence-corrected chi connectivity index (χ2v) is 12.2. The zero-order chi connectivity index (χ0) is 27.7. The van der Waals surface area contributed by atoms with Crippen molar-refractivity contribution in [1.82, 2.24) is 9.97 Å². The van der Waals surface area contributed by atoms with Gasteiger partial charge in [0.1, 0.15) is 30.6 Å². The van der Waals surface area contributed by atoms with E-state index in [0.717, 1.165) is 13.2 Å². The zero-order valence-electron chi connectivity index (χ0n) is 20.8. The van der Waals surface area contributed by atoms with Crippen LogP contribution in [0.25, 0.3) is 10.9 Å². The third kappa shape index (κ3) is 6.54. The number of anilines is 2. The summed E-state index contributed by atoms with van der Waals surface area (Å²) in [5.74, 6) is -0.617. The van der Waals surface area contributed by atoms with Crippen molar-refractivity contribution >= 4 is 34.9 Å². The van der Waals surface area contributed by atoms with Gasteiger partial charge in [0.15, 0.2) is 0 Å². The van der Waals surface area contributed by atoms with Crippen molar-refractivity contribution in [2.24, 2.45) is 0 Å². The molecule has 2 atom stereocenters. The SMILES string of the molecule is COCC(Nc1cc2nc(C)nc(N[C@H](C)c3cccc(C(F)F)c3F)c2cc1P(C)(C)=O)C(F)(F)F. The van der Waals surface area contributed by atoms with Crippen LogP contribution in [0, 0.1) is 12.7 Å². The van der Waals surface area contributed by atoms with Crippen molar-refractivity contribution in [3.05, 3.63) is 53.1 Å². The van der Waals surface area contributed by atoms with Gasteiger partial charge in [0.05, 0.1) is 23.7 Å². The number of aromatic nitrogens is 2. The number of hydrogen-bond acceptors (Lipinski definition) is 6. The number of nitrogens with zero attached hydrogens (tertiary/aromatic N) is 2. The van der Waals surface area contributed by atoms with Crippen molar-refractivity contribution in [2.75, 3.05) is 37.7 Å². The Hall–Kier alpha value is -2.85. The van der Waals surface area contributed by atoms with Crippen LogP contribution in [-0.4, -0.2) is 49.2 Å². The van der Waals surface area contributed by atoms with E-state index in [9.17, 15) is 30.9 Å². The van der Waals surface area contributed by atoms with E-state index in [1.807, 2.05) is 0 Å². The quantitative estimate of drug-likeness (QED) is 0.237. The lowest BCUT2D eigenvalue weighted by Gasteiger charge is -2.25. The van der Waals surface area contributed by atoms with E-state index in [2.05, 4.69) is 20.6 Å². The third-order valence-electron chi connectivity index (χ3n) is 5.68. The van der Waals surface area contributed by atoms with E-state index in [0.29, 0.717) is 5.39 Å². The Morgan fingerprint density at radius 2 is 1.73 bits per heavy atom. The van der Waals surface area contributed by atoms with E-state index in [-0.39, 0.29) is 33.7 Å². The van der Waals surface area contributed by atoms with Gasteiger partial charge in [-0.3, -0.25) is 0 Å². The molecule has 37 heavy (non-hydrogen) atoms. The monoisotopic (exact) mass is 548 g/mol. The number of halogens is 6. The molecule has 1 heterocycles. The summed E-state index contributed by atoms with van der Waals surface area (Å²) >= 11 is 0. The van der Waals surface area contributed by atoms with Crippen molar-refractivity contribution in [1.29, 1.82) is 0 Å². The molecule has 0 saturated heterocycles. The number of rotatable bonds is 9. The normalized spacial score (nSPS) is 14.2. The topological polar surface area (TPSA) is 76.1 Å². The Morgan fingerprint density at radius 1 is 1.08 bits per heavy atom. The average Bonchev–Trinajstić information content (AvgIpc) is 2.76. The van der Waals surface area contributed by atoms with E-state index in [1.165, 1.54) is 37.6 Å². The van der Waals surface area contributed by atoms with Gasteiger partial charge in [0.25, 0.3) is 6.43 Å². The molecule has 0 aliphatic heterocycles. The van der Waals surface area contributed by atoms with E-state index in [1.54, 1.807) is 13.8 Å². The molecule has 0 saturated carbocycles. The summed E-state index contributed by atoms with van der Waals surface area (Å²) in [5, 5.41) is 5.83. The molecular weight excluding hydrogens is 521 g/mol. The molecule has 0 spiro atoms. The fraction of sp³-hybridized carbons (Fsp3) is 0.417. The maximum Gasteiger partial charge on any atom is 0.410 e. The summed E-state index contributed by atoms with van der Waals surface area (Å²) in [4.78, 5) is 8.64. The minimum atomic E-state index is -4.64. The fourth-order valence-corrected chi connectivity index (χ4v) is 5.03. The van der Waals surface area contributed by atoms with Gasteiger partial charge in [0, 0.05) is 29.1 Å². The van der Waals surface area contributed by atoms with Crippen LogP contribution < -0.4 is 15.9 Å². The van der Waals surface area contributed by atoms with E-state index < -0.39 is 49.8 Å². The molecule has 0 bridgehead atoms. The van der Waals surface area contributed by atoms with Crippen LogP contribution in [0.15, 0.2) is 30.3 Å². The molecule has 0 fully saturated rings. The van der Waals surface area contributed by atoms with Gasteiger partial charge in [-0.25, -0.2) is 23.1 Å². The summed E-state index contributed by atoms with van der Waals surface area (Å²) in [7, 11) is -1.99. The first kappa shape index (κ1) is 28.7. The van der Waals surface area contributed by atoms with E-state index >= 15 is 0 Å². The first-order valence-electron chi connectivity index (χ1n) is 11.2. The summed E-state index contributed by atoms with van der Waals surface area (Å²) < 4.78 is 99.5. The number of benzene rings is 2. The summed E-state index contributed by atoms with van der Waals surface area (Å²) in [6, 6.07) is 3.58. The Bertz CT molecular complexity index is 1330. The number of fused-ring (bicyclic) bond motifs is 1. The van der Waals surface area contributed by atoms with Crippen LogP contribution in [0.4, 0.5) is 37.8 Å². The highest BCUT2D eigenvalue weighted by molar-refractivity contribution is 7.70. The number of aryl methyl sites for hydroxylation is 1. The molecular formula is C24H27F6N4O2P. The molecule has 1 unspecified atom stereocenters. The molecule has 0 radical (unpaired) electrons. The maximum absolute atomic E-state index is 14.7. The molecule has 3 rings (SSSR count). The lowest BCUT2D eigenvalue weighted by molar-refractivity contribution is -0.151.